The fourth-order valence-corrected chi connectivity index (χ4v) is 3.58. The zero-order chi connectivity index (χ0) is 22.5. The van der Waals surface area contributed by atoms with Crippen LogP contribution in [0.4, 0.5) is 5.82 Å². The van der Waals surface area contributed by atoms with Crippen LogP contribution in [-0.2, 0) is 4.79 Å². The van der Waals surface area contributed by atoms with Crippen LogP contribution in [0.1, 0.15) is 39.4 Å². The SMILES string of the molecule is Cc1nc(NCCNC(=O)CCCN2C(=O)c3ccccc3C2=O)cc(-n2cccc2)n1. The van der Waals surface area contributed by atoms with Gasteiger partial charge in [-0.05, 0) is 37.6 Å². The van der Waals surface area contributed by atoms with Crippen molar-refractivity contribution in [3.8, 4) is 5.82 Å². The van der Waals surface area contributed by atoms with Crippen LogP contribution in [0.15, 0.2) is 54.9 Å². The minimum atomic E-state index is -0.297. The number of hydrogen-bond acceptors (Lipinski definition) is 6. The van der Waals surface area contributed by atoms with E-state index in [0.29, 0.717) is 42.3 Å². The van der Waals surface area contributed by atoms with Crippen LogP contribution in [0.5, 0.6) is 0 Å². The highest BCUT2D eigenvalue weighted by atomic mass is 16.2. The van der Waals surface area contributed by atoms with Crippen LogP contribution >= 0.6 is 0 Å². The molecule has 9 nitrogen and oxygen atoms in total. The third-order valence-corrected chi connectivity index (χ3v) is 5.11. The molecule has 9 heteroatoms. The summed E-state index contributed by atoms with van der Waals surface area (Å²) in [5.74, 6) is 1.37. The van der Waals surface area contributed by atoms with Gasteiger partial charge in [-0.1, -0.05) is 12.1 Å². The van der Waals surface area contributed by atoms with Gasteiger partial charge in [-0.3, -0.25) is 19.3 Å². The first-order valence-electron chi connectivity index (χ1n) is 10.5. The van der Waals surface area contributed by atoms with Gasteiger partial charge in [0.25, 0.3) is 11.8 Å². The highest BCUT2D eigenvalue weighted by Crippen LogP contribution is 2.22. The lowest BCUT2D eigenvalue weighted by Crippen LogP contribution is -2.33. The summed E-state index contributed by atoms with van der Waals surface area (Å²) in [6, 6.07) is 12.5. The van der Waals surface area contributed by atoms with Gasteiger partial charge >= 0.3 is 0 Å². The third-order valence-electron chi connectivity index (χ3n) is 5.11. The standard InChI is InChI=1S/C23H24N6O3/c1-16-26-19(15-20(27-16)28-12-4-5-13-28)24-10-11-25-21(30)9-6-14-29-22(31)17-7-2-3-8-18(17)23(29)32/h2-5,7-8,12-13,15H,6,9-11,14H2,1H3,(H,25,30)(H,24,26,27). The van der Waals surface area contributed by atoms with Gasteiger partial charge < -0.3 is 15.2 Å². The van der Waals surface area contributed by atoms with Crippen molar-refractivity contribution >= 4 is 23.5 Å². The Bertz CT molecular complexity index is 1110. The molecule has 164 valence electrons. The van der Waals surface area contributed by atoms with Gasteiger partial charge in [-0.15, -0.1) is 0 Å². The fourth-order valence-electron chi connectivity index (χ4n) is 3.58. The molecule has 0 saturated heterocycles. The lowest BCUT2D eigenvalue weighted by molar-refractivity contribution is -0.121. The molecule has 0 aliphatic carbocycles. The summed E-state index contributed by atoms with van der Waals surface area (Å²) in [6.07, 6.45) is 4.47. The van der Waals surface area contributed by atoms with E-state index in [9.17, 15) is 14.4 Å². The molecule has 2 N–H and O–H groups in total. The molecule has 2 aromatic heterocycles. The Morgan fingerprint density at radius 3 is 2.34 bits per heavy atom. The Morgan fingerprint density at radius 2 is 1.66 bits per heavy atom. The van der Waals surface area contributed by atoms with E-state index in [4.69, 9.17) is 0 Å². The molecule has 0 fully saturated rings. The molecule has 0 radical (unpaired) electrons. The van der Waals surface area contributed by atoms with E-state index < -0.39 is 0 Å². The number of nitrogens with one attached hydrogen (secondary N) is 2. The molecule has 4 rings (SSSR count). The smallest absolute Gasteiger partial charge is 0.261 e. The Kier molecular flexibility index (Phi) is 6.25. The first-order chi connectivity index (χ1) is 15.5. The van der Waals surface area contributed by atoms with E-state index >= 15 is 0 Å². The number of fused-ring (bicyclic) bond motifs is 1. The van der Waals surface area contributed by atoms with E-state index in [-0.39, 0.29) is 30.7 Å². The second-order valence-electron chi connectivity index (χ2n) is 7.44. The lowest BCUT2D eigenvalue weighted by Gasteiger charge is -2.13. The Labute approximate surface area is 185 Å². The summed E-state index contributed by atoms with van der Waals surface area (Å²) >= 11 is 0. The number of aromatic nitrogens is 3. The minimum absolute atomic E-state index is 0.129. The molecule has 3 aromatic rings. The normalized spacial score (nSPS) is 12.7. The average Bonchev–Trinajstić information content (AvgIpc) is 3.40. The van der Waals surface area contributed by atoms with Crippen molar-refractivity contribution in [1.29, 1.82) is 0 Å². The molecule has 3 amide bonds. The number of hydrogen-bond donors (Lipinski definition) is 2. The van der Waals surface area contributed by atoms with Crippen molar-refractivity contribution in [2.45, 2.75) is 19.8 Å². The average molecular weight is 432 g/mol. The molecule has 3 heterocycles. The monoisotopic (exact) mass is 432 g/mol. The molecule has 0 atom stereocenters. The number of nitrogens with zero attached hydrogens (tertiary/aromatic N) is 4. The number of rotatable bonds is 9. The van der Waals surface area contributed by atoms with Crippen molar-refractivity contribution in [3.05, 3.63) is 71.8 Å². The number of benzene rings is 1. The van der Waals surface area contributed by atoms with Crippen molar-refractivity contribution in [1.82, 2.24) is 24.8 Å². The number of carbonyl (C=O) groups is 3. The van der Waals surface area contributed by atoms with Crippen LogP contribution < -0.4 is 10.6 Å². The molecular weight excluding hydrogens is 408 g/mol. The Balaban J connectivity index is 1.18. The second-order valence-corrected chi connectivity index (χ2v) is 7.44. The maximum absolute atomic E-state index is 12.3. The van der Waals surface area contributed by atoms with E-state index in [0.717, 1.165) is 5.82 Å². The first kappa shape index (κ1) is 21.2. The van der Waals surface area contributed by atoms with E-state index in [2.05, 4.69) is 20.6 Å². The van der Waals surface area contributed by atoms with Crippen LogP contribution in [0, 0.1) is 6.92 Å². The minimum Gasteiger partial charge on any atom is -0.368 e. The molecule has 0 spiro atoms. The summed E-state index contributed by atoms with van der Waals surface area (Å²) in [5.41, 5.74) is 0.848. The number of aryl methyl sites for hydroxylation is 1. The lowest BCUT2D eigenvalue weighted by atomic mass is 10.1. The van der Waals surface area contributed by atoms with Gasteiger partial charge in [0.1, 0.15) is 17.5 Å². The molecule has 0 unspecified atom stereocenters. The summed E-state index contributed by atoms with van der Waals surface area (Å²) in [6.45, 7) is 2.98. The van der Waals surface area contributed by atoms with Gasteiger partial charge in [0.15, 0.2) is 0 Å². The Hall–Kier alpha value is -4.01. The molecule has 1 aliphatic heterocycles. The maximum Gasteiger partial charge on any atom is 0.261 e. The van der Waals surface area contributed by atoms with Gasteiger partial charge in [-0.2, -0.15) is 0 Å². The molecule has 0 saturated carbocycles. The summed E-state index contributed by atoms with van der Waals surface area (Å²) in [5, 5.41) is 6.03. The number of anilines is 1. The van der Waals surface area contributed by atoms with E-state index in [1.807, 2.05) is 42.1 Å². The molecule has 1 aliphatic rings. The van der Waals surface area contributed by atoms with E-state index in [1.165, 1.54) is 4.90 Å². The first-order valence-corrected chi connectivity index (χ1v) is 10.5. The topological polar surface area (TPSA) is 109 Å². The number of amides is 3. The quantitative estimate of drug-likeness (QED) is 0.396. The van der Waals surface area contributed by atoms with Crippen LogP contribution in [-0.4, -0.2) is 56.8 Å². The zero-order valence-electron chi connectivity index (χ0n) is 17.7. The molecule has 32 heavy (non-hydrogen) atoms. The van der Waals surface area contributed by atoms with Gasteiger partial charge in [0, 0.05) is 44.5 Å². The largest absolute Gasteiger partial charge is 0.368 e. The van der Waals surface area contributed by atoms with Gasteiger partial charge in [-0.25, -0.2) is 9.97 Å². The zero-order valence-corrected chi connectivity index (χ0v) is 17.7. The number of imide groups is 1. The fraction of sp³-hybridized carbons (Fsp3) is 0.261. The number of carbonyl (C=O) groups excluding carboxylic acids is 3. The van der Waals surface area contributed by atoms with Crippen molar-refractivity contribution < 1.29 is 14.4 Å². The van der Waals surface area contributed by atoms with Crippen LogP contribution in [0.25, 0.3) is 5.82 Å². The highest BCUT2D eigenvalue weighted by Gasteiger charge is 2.34. The summed E-state index contributed by atoms with van der Waals surface area (Å²) in [7, 11) is 0. The Morgan fingerprint density at radius 1 is 0.969 bits per heavy atom. The van der Waals surface area contributed by atoms with Gasteiger partial charge in [0.05, 0.1) is 11.1 Å². The summed E-state index contributed by atoms with van der Waals surface area (Å²) < 4.78 is 1.90. The molecule has 1 aromatic carbocycles. The van der Waals surface area contributed by atoms with E-state index in [1.54, 1.807) is 24.3 Å². The second kappa shape index (κ2) is 9.42. The molecule has 0 bridgehead atoms. The predicted octanol–water partition coefficient (Wildman–Crippen LogP) is 2.18. The third kappa shape index (κ3) is 4.66. The maximum atomic E-state index is 12.3. The van der Waals surface area contributed by atoms with Crippen molar-refractivity contribution in [2.75, 3.05) is 25.0 Å². The molecular formula is C23H24N6O3. The predicted molar refractivity (Wildman–Crippen MR) is 119 cm³/mol. The van der Waals surface area contributed by atoms with Crippen molar-refractivity contribution in [2.24, 2.45) is 0 Å². The van der Waals surface area contributed by atoms with Crippen molar-refractivity contribution in [3.63, 3.8) is 0 Å². The highest BCUT2D eigenvalue weighted by molar-refractivity contribution is 6.21. The summed E-state index contributed by atoms with van der Waals surface area (Å²) in [4.78, 5) is 46.8. The van der Waals surface area contributed by atoms with Crippen LogP contribution in [0.3, 0.4) is 0 Å². The van der Waals surface area contributed by atoms with Crippen LogP contribution in [0.2, 0.25) is 0 Å². The van der Waals surface area contributed by atoms with Gasteiger partial charge in [0.2, 0.25) is 5.91 Å².